The molecule has 7 heteroatoms. The van der Waals surface area contributed by atoms with Crippen molar-refractivity contribution in [2.75, 3.05) is 26.4 Å². The van der Waals surface area contributed by atoms with Gasteiger partial charge in [0, 0.05) is 31.5 Å². The SMILES string of the molecule is CCNC(=NCc1ccnc(OC2CCC(C)CC2)c1)NC(C)COC1CCOC1. The summed E-state index contributed by atoms with van der Waals surface area (Å²) in [5, 5.41) is 6.73. The number of hydrogen-bond acceptors (Lipinski definition) is 5. The van der Waals surface area contributed by atoms with Crippen LogP contribution < -0.4 is 15.4 Å². The second-order valence-corrected chi connectivity index (χ2v) is 8.56. The first-order valence-electron chi connectivity index (χ1n) is 11.5. The summed E-state index contributed by atoms with van der Waals surface area (Å²) >= 11 is 0. The third-order valence-electron chi connectivity index (χ3n) is 5.67. The summed E-state index contributed by atoms with van der Waals surface area (Å²) in [7, 11) is 0. The van der Waals surface area contributed by atoms with Crippen molar-refractivity contribution >= 4 is 5.96 Å². The number of hydrogen-bond donors (Lipinski definition) is 2. The van der Waals surface area contributed by atoms with E-state index in [1.807, 2.05) is 18.3 Å². The van der Waals surface area contributed by atoms with Crippen LogP contribution >= 0.6 is 0 Å². The molecule has 2 aliphatic rings. The van der Waals surface area contributed by atoms with E-state index in [0.29, 0.717) is 25.6 Å². The van der Waals surface area contributed by atoms with Crippen molar-refractivity contribution in [3.8, 4) is 5.88 Å². The Balaban J connectivity index is 1.49. The predicted octanol–water partition coefficient (Wildman–Crippen LogP) is 3.29. The number of ether oxygens (including phenoxy) is 3. The van der Waals surface area contributed by atoms with E-state index in [1.54, 1.807) is 0 Å². The molecule has 0 spiro atoms. The Morgan fingerprint density at radius 2 is 2.10 bits per heavy atom. The van der Waals surface area contributed by atoms with Gasteiger partial charge in [-0.1, -0.05) is 6.92 Å². The van der Waals surface area contributed by atoms with Crippen LogP contribution in [0.2, 0.25) is 0 Å². The number of nitrogens with zero attached hydrogens (tertiary/aromatic N) is 2. The standard InChI is InChI=1S/C23H38N4O3/c1-4-24-23(27-18(3)15-29-21-10-12-28-16-21)26-14-19-9-11-25-22(13-19)30-20-7-5-17(2)6-8-20/h9,11,13,17-18,20-21H,4-8,10,12,14-16H2,1-3H3,(H2,24,26,27). The first kappa shape index (κ1) is 22.8. The molecule has 2 fully saturated rings. The highest BCUT2D eigenvalue weighted by atomic mass is 16.5. The van der Waals surface area contributed by atoms with Crippen LogP contribution in [0.25, 0.3) is 0 Å². The van der Waals surface area contributed by atoms with Crippen molar-refractivity contribution in [3.63, 3.8) is 0 Å². The molecular formula is C23H38N4O3. The van der Waals surface area contributed by atoms with Gasteiger partial charge in [0.15, 0.2) is 5.96 Å². The van der Waals surface area contributed by atoms with Crippen LogP contribution in [0.1, 0.15) is 58.4 Å². The lowest BCUT2D eigenvalue weighted by Crippen LogP contribution is -2.44. The summed E-state index contributed by atoms with van der Waals surface area (Å²) in [5.74, 6) is 2.31. The molecule has 0 radical (unpaired) electrons. The molecule has 0 amide bonds. The van der Waals surface area contributed by atoms with E-state index in [1.165, 1.54) is 12.8 Å². The van der Waals surface area contributed by atoms with Crippen LogP contribution in [-0.4, -0.2) is 55.6 Å². The molecule has 0 bridgehead atoms. The lowest BCUT2D eigenvalue weighted by molar-refractivity contribution is 0.0347. The molecule has 1 saturated carbocycles. The molecule has 1 aliphatic heterocycles. The molecule has 30 heavy (non-hydrogen) atoms. The summed E-state index contributed by atoms with van der Waals surface area (Å²) < 4.78 is 17.4. The number of pyridine rings is 1. The van der Waals surface area contributed by atoms with Crippen LogP contribution in [0.15, 0.2) is 23.3 Å². The lowest BCUT2D eigenvalue weighted by atomic mass is 9.89. The van der Waals surface area contributed by atoms with Crippen LogP contribution in [0.4, 0.5) is 0 Å². The van der Waals surface area contributed by atoms with Crippen molar-refractivity contribution in [1.82, 2.24) is 15.6 Å². The van der Waals surface area contributed by atoms with E-state index in [4.69, 9.17) is 19.2 Å². The fraction of sp³-hybridized carbons (Fsp3) is 0.739. The fourth-order valence-electron chi connectivity index (χ4n) is 3.82. The molecule has 7 nitrogen and oxygen atoms in total. The average molecular weight is 419 g/mol. The van der Waals surface area contributed by atoms with Crippen molar-refractivity contribution in [2.45, 2.75) is 77.7 Å². The molecular weight excluding hydrogens is 380 g/mol. The van der Waals surface area contributed by atoms with E-state index < -0.39 is 0 Å². The van der Waals surface area contributed by atoms with Crippen molar-refractivity contribution in [1.29, 1.82) is 0 Å². The highest BCUT2D eigenvalue weighted by molar-refractivity contribution is 5.80. The van der Waals surface area contributed by atoms with Gasteiger partial charge in [-0.25, -0.2) is 9.98 Å². The maximum Gasteiger partial charge on any atom is 0.213 e. The Hall–Kier alpha value is -1.86. The topological polar surface area (TPSA) is 77.0 Å². The zero-order valence-electron chi connectivity index (χ0n) is 18.7. The van der Waals surface area contributed by atoms with Crippen LogP contribution in [-0.2, 0) is 16.0 Å². The van der Waals surface area contributed by atoms with E-state index >= 15 is 0 Å². The fourth-order valence-corrected chi connectivity index (χ4v) is 3.82. The molecule has 2 atom stereocenters. The number of aliphatic imine (C=N–C) groups is 1. The average Bonchev–Trinajstić information content (AvgIpc) is 3.26. The van der Waals surface area contributed by atoms with Gasteiger partial charge >= 0.3 is 0 Å². The van der Waals surface area contributed by atoms with E-state index in [2.05, 4.69) is 36.4 Å². The Morgan fingerprint density at radius 1 is 1.27 bits per heavy atom. The summed E-state index contributed by atoms with van der Waals surface area (Å²) in [4.78, 5) is 9.13. The number of nitrogens with one attached hydrogen (secondary N) is 2. The van der Waals surface area contributed by atoms with Crippen LogP contribution in [0.3, 0.4) is 0 Å². The number of rotatable bonds is 9. The minimum Gasteiger partial charge on any atom is -0.474 e. The largest absolute Gasteiger partial charge is 0.474 e. The second-order valence-electron chi connectivity index (χ2n) is 8.56. The third-order valence-corrected chi connectivity index (χ3v) is 5.67. The highest BCUT2D eigenvalue weighted by Gasteiger charge is 2.20. The summed E-state index contributed by atoms with van der Waals surface area (Å²) in [6, 6.07) is 4.17. The zero-order chi connectivity index (χ0) is 21.2. The summed E-state index contributed by atoms with van der Waals surface area (Å²) in [6.07, 6.45) is 8.01. The highest BCUT2D eigenvalue weighted by Crippen LogP contribution is 2.26. The van der Waals surface area contributed by atoms with Gasteiger partial charge < -0.3 is 24.8 Å². The molecule has 2 heterocycles. The molecule has 1 aliphatic carbocycles. The van der Waals surface area contributed by atoms with E-state index in [9.17, 15) is 0 Å². The molecule has 1 saturated heterocycles. The monoisotopic (exact) mass is 418 g/mol. The number of guanidine groups is 1. The van der Waals surface area contributed by atoms with Crippen molar-refractivity contribution < 1.29 is 14.2 Å². The molecule has 1 aromatic rings. The van der Waals surface area contributed by atoms with Gasteiger partial charge in [0.25, 0.3) is 0 Å². The predicted molar refractivity (Wildman–Crippen MR) is 119 cm³/mol. The zero-order valence-corrected chi connectivity index (χ0v) is 18.7. The Bertz CT molecular complexity index is 656. The smallest absolute Gasteiger partial charge is 0.213 e. The van der Waals surface area contributed by atoms with E-state index in [0.717, 1.165) is 49.9 Å². The normalized spacial score (nSPS) is 25.7. The van der Waals surface area contributed by atoms with Gasteiger partial charge in [0.05, 0.1) is 25.9 Å². The minimum absolute atomic E-state index is 0.161. The van der Waals surface area contributed by atoms with Gasteiger partial charge in [0.2, 0.25) is 5.88 Å². The van der Waals surface area contributed by atoms with Crippen molar-refractivity contribution in [2.24, 2.45) is 10.9 Å². The molecule has 168 valence electrons. The molecule has 2 unspecified atom stereocenters. The van der Waals surface area contributed by atoms with Gasteiger partial charge in [-0.15, -0.1) is 0 Å². The van der Waals surface area contributed by atoms with Gasteiger partial charge in [-0.3, -0.25) is 0 Å². The second kappa shape index (κ2) is 12.1. The lowest BCUT2D eigenvalue weighted by Gasteiger charge is -2.26. The number of aromatic nitrogens is 1. The summed E-state index contributed by atoms with van der Waals surface area (Å²) in [6.45, 7) is 10.00. The van der Waals surface area contributed by atoms with Crippen LogP contribution in [0, 0.1) is 5.92 Å². The Kier molecular flexibility index (Phi) is 9.21. The molecule has 2 N–H and O–H groups in total. The quantitative estimate of drug-likeness (QED) is 0.473. The first-order valence-corrected chi connectivity index (χ1v) is 11.5. The van der Waals surface area contributed by atoms with Crippen molar-refractivity contribution in [3.05, 3.63) is 23.9 Å². The van der Waals surface area contributed by atoms with Gasteiger partial charge in [0.1, 0.15) is 6.10 Å². The molecule has 3 rings (SSSR count). The Morgan fingerprint density at radius 3 is 2.83 bits per heavy atom. The van der Waals surface area contributed by atoms with Crippen LogP contribution in [0.5, 0.6) is 5.88 Å². The van der Waals surface area contributed by atoms with Gasteiger partial charge in [-0.05, 0) is 63.5 Å². The minimum atomic E-state index is 0.161. The maximum absolute atomic E-state index is 6.13. The molecule has 1 aromatic heterocycles. The Labute approximate surface area is 181 Å². The third kappa shape index (κ3) is 7.76. The first-order chi connectivity index (χ1) is 14.6. The maximum atomic E-state index is 6.13. The summed E-state index contributed by atoms with van der Waals surface area (Å²) in [5.41, 5.74) is 1.09. The van der Waals surface area contributed by atoms with E-state index in [-0.39, 0.29) is 18.2 Å². The molecule has 0 aromatic carbocycles. The van der Waals surface area contributed by atoms with Gasteiger partial charge in [-0.2, -0.15) is 0 Å².